The first-order valence-electron chi connectivity index (χ1n) is 3.46. The first kappa shape index (κ1) is 7.19. The Balaban J connectivity index is 2.69. The van der Waals surface area contributed by atoms with Gasteiger partial charge in [-0.15, -0.1) is 11.3 Å². The van der Waals surface area contributed by atoms with Crippen molar-refractivity contribution < 1.29 is 0 Å². The van der Waals surface area contributed by atoms with E-state index in [2.05, 4.69) is 30.3 Å². The third kappa shape index (κ3) is 1.28. The van der Waals surface area contributed by atoms with E-state index < -0.39 is 0 Å². The molecule has 0 aliphatic heterocycles. The monoisotopic (exact) mass is 179 g/mol. The standard InChI is InChI=1S/C9H7S2/c10-6-8-5-7-3-1-2-4-9(7)11-8/h1-5H,6H2. The Morgan fingerprint density at radius 1 is 1.27 bits per heavy atom. The molecule has 0 aliphatic carbocycles. The van der Waals surface area contributed by atoms with Gasteiger partial charge in [0.1, 0.15) is 0 Å². The van der Waals surface area contributed by atoms with Gasteiger partial charge < -0.3 is 0 Å². The highest BCUT2D eigenvalue weighted by Crippen LogP contribution is 2.25. The third-order valence-electron chi connectivity index (χ3n) is 1.62. The molecule has 0 aliphatic rings. The highest BCUT2D eigenvalue weighted by molar-refractivity contribution is 7.79. The molecule has 0 bridgehead atoms. The molecule has 1 aromatic heterocycles. The fourth-order valence-corrected chi connectivity index (χ4v) is 2.29. The van der Waals surface area contributed by atoms with E-state index in [0.29, 0.717) is 0 Å². The predicted octanol–water partition coefficient (Wildman–Crippen LogP) is 3.60. The van der Waals surface area contributed by atoms with Crippen LogP contribution in [0.5, 0.6) is 0 Å². The lowest BCUT2D eigenvalue weighted by Crippen LogP contribution is -1.60. The smallest absolute Gasteiger partial charge is 0.0383 e. The van der Waals surface area contributed by atoms with Crippen molar-refractivity contribution in [3.63, 3.8) is 0 Å². The van der Waals surface area contributed by atoms with E-state index in [1.807, 2.05) is 0 Å². The van der Waals surface area contributed by atoms with Crippen LogP contribution in [0.15, 0.2) is 30.3 Å². The average molecular weight is 179 g/mol. The molecule has 1 radical (unpaired) electrons. The van der Waals surface area contributed by atoms with Gasteiger partial charge in [0, 0.05) is 15.3 Å². The van der Waals surface area contributed by atoms with Gasteiger partial charge in [0.05, 0.1) is 0 Å². The molecule has 0 amide bonds. The van der Waals surface area contributed by atoms with Crippen molar-refractivity contribution in [3.8, 4) is 0 Å². The summed E-state index contributed by atoms with van der Waals surface area (Å²) in [4.78, 5) is 1.29. The minimum Gasteiger partial charge on any atom is -0.139 e. The minimum atomic E-state index is 0.735. The Morgan fingerprint density at radius 2 is 2.09 bits per heavy atom. The number of benzene rings is 1. The molecule has 2 heteroatoms. The molecule has 2 aromatic rings. The number of thiophene rings is 1. The Kier molecular flexibility index (Phi) is 1.88. The van der Waals surface area contributed by atoms with E-state index in [1.54, 1.807) is 11.3 Å². The highest BCUT2D eigenvalue weighted by Gasteiger charge is 1.97. The maximum Gasteiger partial charge on any atom is 0.0383 e. The Bertz CT molecular complexity index is 329. The van der Waals surface area contributed by atoms with Gasteiger partial charge in [-0.2, -0.15) is 0 Å². The van der Waals surface area contributed by atoms with Crippen LogP contribution in [-0.4, -0.2) is 0 Å². The molecule has 0 nitrogen and oxygen atoms in total. The molecule has 2 rings (SSSR count). The summed E-state index contributed by atoms with van der Waals surface area (Å²) in [5.74, 6) is 0.735. The molecular formula is C9H7S2. The van der Waals surface area contributed by atoms with E-state index in [-0.39, 0.29) is 0 Å². The SMILES string of the molecule is [S]Cc1cc2ccccc2s1. The second-order valence-corrected chi connectivity index (χ2v) is 3.85. The summed E-state index contributed by atoms with van der Waals surface area (Å²) in [5, 5.41) is 1.32. The van der Waals surface area contributed by atoms with Crippen molar-refractivity contribution in [2.75, 3.05) is 0 Å². The largest absolute Gasteiger partial charge is 0.139 e. The molecule has 0 saturated carbocycles. The zero-order valence-corrected chi connectivity index (χ0v) is 7.54. The second-order valence-electron chi connectivity index (χ2n) is 2.39. The van der Waals surface area contributed by atoms with E-state index in [9.17, 15) is 0 Å². The molecule has 0 atom stereocenters. The molecule has 0 unspecified atom stereocenters. The third-order valence-corrected chi connectivity index (χ3v) is 3.23. The van der Waals surface area contributed by atoms with Gasteiger partial charge in [0.2, 0.25) is 0 Å². The first-order chi connectivity index (χ1) is 5.40. The van der Waals surface area contributed by atoms with Gasteiger partial charge in [-0.3, -0.25) is 0 Å². The molecule has 0 fully saturated rings. The molecule has 0 N–H and O–H groups in total. The van der Waals surface area contributed by atoms with Crippen LogP contribution in [0, 0.1) is 0 Å². The van der Waals surface area contributed by atoms with Gasteiger partial charge >= 0.3 is 0 Å². The maximum atomic E-state index is 4.97. The summed E-state index contributed by atoms with van der Waals surface area (Å²) in [6.45, 7) is 0. The molecule has 55 valence electrons. The minimum absolute atomic E-state index is 0.735. The molecule has 0 spiro atoms. The maximum absolute atomic E-state index is 4.97. The van der Waals surface area contributed by atoms with Gasteiger partial charge in [-0.1, -0.05) is 30.8 Å². The van der Waals surface area contributed by atoms with Crippen molar-refractivity contribution in [2.24, 2.45) is 0 Å². The van der Waals surface area contributed by atoms with Crippen molar-refractivity contribution in [3.05, 3.63) is 35.2 Å². The van der Waals surface area contributed by atoms with E-state index in [4.69, 9.17) is 12.6 Å². The van der Waals surface area contributed by atoms with Crippen LogP contribution in [0.25, 0.3) is 10.1 Å². The molecule has 1 heterocycles. The summed E-state index contributed by atoms with van der Waals surface area (Å²) in [6, 6.07) is 10.6. The van der Waals surface area contributed by atoms with Gasteiger partial charge in [-0.25, -0.2) is 0 Å². The summed E-state index contributed by atoms with van der Waals surface area (Å²) in [6.07, 6.45) is 0. The predicted molar refractivity (Wildman–Crippen MR) is 53.1 cm³/mol. The number of fused-ring (bicyclic) bond motifs is 1. The zero-order chi connectivity index (χ0) is 7.68. The van der Waals surface area contributed by atoms with Crippen molar-refractivity contribution in [2.45, 2.75) is 5.75 Å². The quantitative estimate of drug-likeness (QED) is 0.627. The zero-order valence-electron chi connectivity index (χ0n) is 5.91. The van der Waals surface area contributed by atoms with E-state index >= 15 is 0 Å². The van der Waals surface area contributed by atoms with Crippen LogP contribution < -0.4 is 0 Å². The van der Waals surface area contributed by atoms with Crippen molar-refractivity contribution in [1.82, 2.24) is 0 Å². The summed E-state index contributed by atoms with van der Waals surface area (Å²) in [7, 11) is 0. The van der Waals surface area contributed by atoms with Crippen molar-refractivity contribution >= 4 is 34.1 Å². The molecule has 11 heavy (non-hydrogen) atoms. The summed E-state index contributed by atoms with van der Waals surface area (Å²) in [5.41, 5.74) is 0. The summed E-state index contributed by atoms with van der Waals surface area (Å²) >= 11 is 6.76. The molecular weight excluding hydrogens is 172 g/mol. The Morgan fingerprint density at radius 3 is 2.82 bits per heavy atom. The van der Waals surface area contributed by atoms with Crippen molar-refractivity contribution in [1.29, 1.82) is 0 Å². The molecule has 0 saturated heterocycles. The van der Waals surface area contributed by atoms with Crippen LogP contribution in [-0.2, 0) is 5.75 Å². The lowest BCUT2D eigenvalue weighted by molar-refractivity contribution is 1.58. The Hall–Kier alpha value is -0.470. The van der Waals surface area contributed by atoms with Gasteiger partial charge in [0.15, 0.2) is 0 Å². The van der Waals surface area contributed by atoms with Crippen LogP contribution in [0.2, 0.25) is 0 Å². The van der Waals surface area contributed by atoms with Crippen LogP contribution in [0.1, 0.15) is 4.88 Å². The lowest BCUT2D eigenvalue weighted by Gasteiger charge is -1.82. The summed E-state index contributed by atoms with van der Waals surface area (Å²) < 4.78 is 1.34. The second kappa shape index (κ2) is 2.88. The normalized spacial score (nSPS) is 10.6. The highest BCUT2D eigenvalue weighted by atomic mass is 32.1. The number of hydrogen-bond acceptors (Lipinski definition) is 1. The lowest BCUT2D eigenvalue weighted by atomic mass is 10.2. The van der Waals surface area contributed by atoms with Gasteiger partial charge in [0.25, 0.3) is 0 Å². The topological polar surface area (TPSA) is 0 Å². The number of rotatable bonds is 1. The van der Waals surface area contributed by atoms with E-state index in [1.165, 1.54) is 15.0 Å². The number of hydrogen-bond donors (Lipinski definition) is 0. The Labute approximate surface area is 75.3 Å². The molecule has 1 aromatic carbocycles. The first-order valence-corrected chi connectivity index (χ1v) is 4.85. The fourth-order valence-electron chi connectivity index (χ4n) is 1.11. The fraction of sp³-hybridized carbons (Fsp3) is 0.111. The average Bonchev–Trinajstić information content (AvgIpc) is 2.46. The van der Waals surface area contributed by atoms with Crippen LogP contribution >= 0.6 is 24.0 Å². The van der Waals surface area contributed by atoms with Crippen LogP contribution in [0.3, 0.4) is 0 Å². The van der Waals surface area contributed by atoms with Gasteiger partial charge in [-0.05, 0) is 17.5 Å². The van der Waals surface area contributed by atoms with Crippen LogP contribution in [0.4, 0.5) is 0 Å². The van der Waals surface area contributed by atoms with E-state index in [0.717, 1.165) is 5.75 Å².